The lowest BCUT2D eigenvalue weighted by Gasteiger charge is -2.32. The van der Waals surface area contributed by atoms with Gasteiger partial charge < -0.3 is 10.2 Å². The first-order valence-corrected chi connectivity index (χ1v) is 8.50. The van der Waals surface area contributed by atoms with E-state index in [2.05, 4.69) is 16.7 Å². The van der Waals surface area contributed by atoms with E-state index in [9.17, 15) is 4.79 Å². The molecule has 2 rings (SSSR count). The maximum Gasteiger partial charge on any atom is 0.317 e. The predicted molar refractivity (Wildman–Crippen MR) is 82.9 cm³/mol. The van der Waals surface area contributed by atoms with Crippen LogP contribution in [0.25, 0.3) is 0 Å². The summed E-state index contributed by atoms with van der Waals surface area (Å²) in [4.78, 5) is 14.2. The summed E-state index contributed by atoms with van der Waals surface area (Å²) < 4.78 is 1.83. The van der Waals surface area contributed by atoms with E-state index in [1.165, 1.54) is 6.42 Å². The summed E-state index contributed by atoms with van der Waals surface area (Å²) in [5.41, 5.74) is 2.18. The van der Waals surface area contributed by atoms with Crippen molar-refractivity contribution in [3.8, 4) is 0 Å². The lowest BCUT2D eigenvalue weighted by molar-refractivity contribution is 0.170. The van der Waals surface area contributed by atoms with Crippen molar-refractivity contribution in [2.75, 3.05) is 25.1 Å². The van der Waals surface area contributed by atoms with Crippen LogP contribution in [0.3, 0.4) is 0 Å². The fourth-order valence-corrected chi connectivity index (χ4v) is 3.37. The van der Waals surface area contributed by atoms with Crippen LogP contribution in [0.1, 0.15) is 24.1 Å². The topological polar surface area (TPSA) is 50.2 Å². The molecule has 0 unspecified atom stereocenters. The van der Waals surface area contributed by atoms with Gasteiger partial charge in [-0.05, 0) is 37.7 Å². The van der Waals surface area contributed by atoms with Gasteiger partial charge in [-0.25, -0.2) is 4.79 Å². The standard InChI is InChI=1S/C14H24N4OS/c1-11-13(8-16-17(11)2)7-15-14(19)18-6-4-5-12(9-18)10-20-3/h8,12H,4-7,9-10H2,1-3H3,(H,15,19)/t12-/m1/s1. The molecule has 1 aromatic rings. The second-order valence-electron chi connectivity index (χ2n) is 5.45. The Morgan fingerprint density at radius 2 is 2.40 bits per heavy atom. The van der Waals surface area contributed by atoms with Gasteiger partial charge >= 0.3 is 6.03 Å². The molecule has 1 saturated heterocycles. The van der Waals surface area contributed by atoms with Gasteiger partial charge in [0.15, 0.2) is 0 Å². The van der Waals surface area contributed by atoms with Crippen LogP contribution < -0.4 is 5.32 Å². The molecule has 1 atom stereocenters. The van der Waals surface area contributed by atoms with Crippen molar-refractivity contribution in [3.05, 3.63) is 17.5 Å². The number of piperidine rings is 1. The largest absolute Gasteiger partial charge is 0.334 e. The molecule has 1 fully saturated rings. The lowest BCUT2D eigenvalue weighted by Crippen LogP contribution is -2.45. The first kappa shape index (κ1) is 15.2. The molecule has 2 heterocycles. The minimum atomic E-state index is 0.0547. The summed E-state index contributed by atoms with van der Waals surface area (Å²) in [5, 5.41) is 7.20. The number of amides is 2. The number of nitrogens with one attached hydrogen (secondary N) is 1. The average Bonchev–Trinajstić information content (AvgIpc) is 2.77. The first-order valence-electron chi connectivity index (χ1n) is 7.11. The normalized spacial score (nSPS) is 19.1. The van der Waals surface area contributed by atoms with Gasteiger partial charge in [-0.2, -0.15) is 16.9 Å². The number of hydrogen-bond donors (Lipinski definition) is 1. The van der Waals surface area contributed by atoms with Crippen LogP contribution in [-0.2, 0) is 13.6 Å². The Kier molecular flexibility index (Phi) is 5.34. The van der Waals surface area contributed by atoms with Gasteiger partial charge in [0, 0.05) is 37.9 Å². The van der Waals surface area contributed by atoms with E-state index < -0.39 is 0 Å². The molecule has 0 aromatic carbocycles. The Labute approximate surface area is 125 Å². The third kappa shape index (κ3) is 3.69. The molecule has 0 saturated carbocycles. The van der Waals surface area contributed by atoms with Crippen molar-refractivity contribution in [3.63, 3.8) is 0 Å². The summed E-state index contributed by atoms with van der Waals surface area (Å²) in [5.74, 6) is 1.79. The Balaban J connectivity index is 1.84. The van der Waals surface area contributed by atoms with Crippen LogP contribution in [0.2, 0.25) is 0 Å². The van der Waals surface area contributed by atoms with Crippen LogP contribution in [0.5, 0.6) is 0 Å². The van der Waals surface area contributed by atoms with Crippen LogP contribution in [0, 0.1) is 12.8 Å². The van der Waals surface area contributed by atoms with Crippen molar-refractivity contribution in [1.29, 1.82) is 0 Å². The van der Waals surface area contributed by atoms with Gasteiger partial charge in [-0.1, -0.05) is 0 Å². The van der Waals surface area contributed by atoms with Gasteiger partial charge in [-0.3, -0.25) is 4.68 Å². The van der Waals surface area contributed by atoms with E-state index in [0.717, 1.165) is 36.5 Å². The molecule has 112 valence electrons. The summed E-state index contributed by atoms with van der Waals surface area (Å²) in [6, 6.07) is 0.0547. The average molecular weight is 296 g/mol. The summed E-state index contributed by atoms with van der Waals surface area (Å²) >= 11 is 1.87. The monoisotopic (exact) mass is 296 g/mol. The number of aromatic nitrogens is 2. The van der Waals surface area contributed by atoms with E-state index >= 15 is 0 Å². The predicted octanol–water partition coefficient (Wildman–Crippen LogP) is 2.01. The first-order chi connectivity index (χ1) is 9.61. The van der Waals surface area contributed by atoms with E-state index in [0.29, 0.717) is 12.5 Å². The van der Waals surface area contributed by atoms with E-state index in [-0.39, 0.29) is 6.03 Å². The Bertz CT molecular complexity index is 458. The quantitative estimate of drug-likeness (QED) is 0.925. The molecule has 1 aliphatic rings. The van der Waals surface area contributed by atoms with E-state index in [1.807, 2.05) is 41.5 Å². The fourth-order valence-electron chi connectivity index (χ4n) is 2.62. The highest BCUT2D eigenvalue weighted by atomic mass is 32.2. The minimum Gasteiger partial charge on any atom is -0.334 e. The van der Waals surface area contributed by atoms with Crippen LogP contribution in [-0.4, -0.2) is 45.8 Å². The van der Waals surface area contributed by atoms with Crippen molar-refractivity contribution < 1.29 is 4.79 Å². The van der Waals surface area contributed by atoms with Gasteiger partial charge in [-0.15, -0.1) is 0 Å². The molecule has 0 aliphatic carbocycles. The van der Waals surface area contributed by atoms with E-state index in [1.54, 1.807) is 0 Å². The fraction of sp³-hybridized carbons (Fsp3) is 0.714. The van der Waals surface area contributed by atoms with Crippen molar-refractivity contribution in [2.45, 2.75) is 26.3 Å². The molecule has 0 radical (unpaired) electrons. The highest BCUT2D eigenvalue weighted by Gasteiger charge is 2.23. The number of urea groups is 1. The SMILES string of the molecule is CSC[C@@H]1CCCN(C(=O)NCc2cnn(C)c2C)C1. The van der Waals surface area contributed by atoms with Crippen LogP contribution in [0.15, 0.2) is 6.20 Å². The Morgan fingerprint density at radius 1 is 1.60 bits per heavy atom. The lowest BCUT2D eigenvalue weighted by atomic mass is 10.0. The second kappa shape index (κ2) is 7.02. The summed E-state index contributed by atoms with van der Waals surface area (Å²) in [7, 11) is 1.91. The maximum absolute atomic E-state index is 12.2. The molecule has 20 heavy (non-hydrogen) atoms. The molecular weight excluding hydrogens is 272 g/mol. The van der Waals surface area contributed by atoms with Crippen molar-refractivity contribution >= 4 is 17.8 Å². The molecule has 1 aromatic heterocycles. The molecule has 0 bridgehead atoms. The van der Waals surface area contributed by atoms with Crippen LogP contribution >= 0.6 is 11.8 Å². The highest BCUT2D eigenvalue weighted by Crippen LogP contribution is 2.19. The van der Waals surface area contributed by atoms with Crippen molar-refractivity contribution in [2.24, 2.45) is 13.0 Å². The smallest absolute Gasteiger partial charge is 0.317 e. The molecule has 6 heteroatoms. The van der Waals surface area contributed by atoms with Crippen LogP contribution in [0.4, 0.5) is 4.79 Å². The van der Waals surface area contributed by atoms with Gasteiger partial charge in [0.05, 0.1) is 6.20 Å². The highest BCUT2D eigenvalue weighted by molar-refractivity contribution is 7.98. The number of aryl methyl sites for hydroxylation is 1. The number of nitrogens with zero attached hydrogens (tertiary/aromatic N) is 3. The zero-order valence-electron chi connectivity index (χ0n) is 12.6. The number of carbonyl (C=O) groups is 1. The summed E-state index contributed by atoms with van der Waals surface area (Å²) in [6.07, 6.45) is 6.31. The molecule has 1 N–H and O–H groups in total. The molecule has 2 amide bonds. The number of rotatable bonds is 4. The second-order valence-corrected chi connectivity index (χ2v) is 6.36. The zero-order chi connectivity index (χ0) is 14.5. The molecule has 0 spiro atoms. The number of likely N-dealkylation sites (tertiary alicyclic amines) is 1. The number of carbonyl (C=O) groups excluding carboxylic acids is 1. The van der Waals surface area contributed by atoms with Gasteiger partial charge in [0.2, 0.25) is 0 Å². The zero-order valence-corrected chi connectivity index (χ0v) is 13.4. The third-order valence-corrected chi connectivity index (χ3v) is 4.78. The number of thioether (sulfide) groups is 1. The number of hydrogen-bond acceptors (Lipinski definition) is 3. The molecule has 5 nitrogen and oxygen atoms in total. The third-order valence-electron chi connectivity index (χ3n) is 3.98. The molecule has 1 aliphatic heterocycles. The van der Waals surface area contributed by atoms with Crippen molar-refractivity contribution in [1.82, 2.24) is 20.0 Å². The van der Waals surface area contributed by atoms with Gasteiger partial charge in [0.25, 0.3) is 0 Å². The maximum atomic E-state index is 12.2. The Morgan fingerprint density at radius 3 is 3.05 bits per heavy atom. The summed E-state index contributed by atoms with van der Waals surface area (Å²) in [6.45, 7) is 4.34. The van der Waals surface area contributed by atoms with Gasteiger partial charge in [0.1, 0.15) is 0 Å². The van der Waals surface area contributed by atoms with E-state index in [4.69, 9.17) is 0 Å². The molecular formula is C14H24N4OS. The minimum absolute atomic E-state index is 0.0547. The Hall–Kier alpha value is -1.17.